The molecule has 6 heteroatoms. The molecule has 22 heavy (non-hydrogen) atoms. The molecular formula is C16H19NO5. The number of methoxy groups -OCH3 is 2. The Labute approximate surface area is 129 Å². The van der Waals surface area contributed by atoms with Crippen molar-refractivity contribution in [3.05, 3.63) is 35.9 Å². The van der Waals surface area contributed by atoms with E-state index in [0.29, 0.717) is 24.8 Å². The van der Waals surface area contributed by atoms with Crippen molar-refractivity contribution in [2.45, 2.75) is 31.3 Å². The van der Waals surface area contributed by atoms with E-state index in [-0.39, 0.29) is 5.91 Å². The lowest BCUT2D eigenvalue weighted by molar-refractivity contribution is -0.155. The van der Waals surface area contributed by atoms with Gasteiger partial charge in [-0.05, 0) is 31.4 Å². The number of carbonyl (C=O) groups is 3. The normalized spacial score (nSPS) is 21.1. The highest BCUT2D eigenvalue weighted by molar-refractivity contribution is 5.99. The van der Waals surface area contributed by atoms with Crippen LogP contribution in [0.25, 0.3) is 0 Å². The fourth-order valence-corrected chi connectivity index (χ4v) is 2.75. The van der Waals surface area contributed by atoms with Crippen molar-refractivity contribution in [1.29, 1.82) is 0 Å². The van der Waals surface area contributed by atoms with Gasteiger partial charge in [-0.3, -0.25) is 4.79 Å². The molecule has 0 bridgehead atoms. The number of carbonyl (C=O) groups excluding carboxylic acids is 3. The average molecular weight is 305 g/mol. The number of hydrogen-bond donors (Lipinski definition) is 0. The number of amides is 1. The van der Waals surface area contributed by atoms with Crippen LogP contribution in [-0.4, -0.2) is 49.0 Å². The second kappa shape index (κ2) is 7.06. The van der Waals surface area contributed by atoms with E-state index in [9.17, 15) is 14.4 Å². The summed E-state index contributed by atoms with van der Waals surface area (Å²) in [6, 6.07) is 7.03. The topological polar surface area (TPSA) is 72.9 Å². The molecule has 2 atom stereocenters. The number of esters is 2. The zero-order chi connectivity index (χ0) is 16.1. The van der Waals surface area contributed by atoms with Crippen LogP contribution in [0.4, 0.5) is 0 Å². The van der Waals surface area contributed by atoms with Gasteiger partial charge >= 0.3 is 11.9 Å². The summed E-state index contributed by atoms with van der Waals surface area (Å²) in [7, 11) is 2.55. The Hall–Kier alpha value is -2.37. The van der Waals surface area contributed by atoms with Gasteiger partial charge in [0.05, 0.1) is 14.2 Å². The summed E-state index contributed by atoms with van der Waals surface area (Å²) in [4.78, 5) is 38.1. The molecule has 0 aliphatic carbocycles. The van der Waals surface area contributed by atoms with Crippen LogP contribution in [0.3, 0.4) is 0 Å². The van der Waals surface area contributed by atoms with Gasteiger partial charge in [-0.25, -0.2) is 9.59 Å². The van der Waals surface area contributed by atoms with Gasteiger partial charge in [0, 0.05) is 5.56 Å². The Balaban J connectivity index is 2.38. The van der Waals surface area contributed by atoms with Crippen LogP contribution < -0.4 is 0 Å². The first kappa shape index (κ1) is 16.0. The zero-order valence-corrected chi connectivity index (χ0v) is 12.7. The van der Waals surface area contributed by atoms with E-state index < -0.39 is 24.0 Å². The van der Waals surface area contributed by atoms with Crippen LogP contribution in [0.2, 0.25) is 0 Å². The van der Waals surface area contributed by atoms with E-state index in [1.54, 1.807) is 30.3 Å². The number of piperidine rings is 1. The molecule has 0 spiro atoms. The molecule has 1 heterocycles. The smallest absolute Gasteiger partial charge is 0.328 e. The predicted molar refractivity (Wildman–Crippen MR) is 78.1 cm³/mol. The molecule has 0 N–H and O–H groups in total. The van der Waals surface area contributed by atoms with Gasteiger partial charge in [0.1, 0.15) is 12.1 Å². The van der Waals surface area contributed by atoms with Crippen molar-refractivity contribution in [2.24, 2.45) is 0 Å². The molecular weight excluding hydrogens is 286 g/mol. The van der Waals surface area contributed by atoms with E-state index in [4.69, 9.17) is 9.47 Å². The maximum absolute atomic E-state index is 12.8. The van der Waals surface area contributed by atoms with Gasteiger partial charge in [0.2, 0.25) is 0 Å². The summed E-state index contributed by atoms with van der Waals surface area (Å²) in [5, 5.41) is 0. The predicted octanol–water partition coefficient (Wildman–Crippen LogP) is 1.40. The van der Waals surface area contributed by atoms with Gasteiger partial charge in [-0.2, -0.15) is 0 Å². The molecule has 0 saturated carbocycles. The van der Waals surface area contributed by atoms with Crippen LogP contribution in [0.1, 0.15) is 29.6 Å². The van der Waals surface area contributed by atoms with E-state index in [0.717, 1.165) is 0 Å². The van der Waals surface area contributed by atoms with Gasteiger partial charge in [-0.15, -0.1) is 0 Å². The number of ether oxygens (including phenoxy) is 2. The summed E-state index contributed by atoms with van der Waals surface area (Å²) in [6.07, 6.45) is 1.59. The average Bonchev–Trinajstić information content (AvgIpc) is 2.59. The lowest BCUT2D eigenvalue weighted by atomic mass is 9.94. The summed E-state index contributed by atoms with van der Waals surface area (Å²) >= 11 is 0. The molecule has 2 rings (SSSR count). The second-order valence-corrected chi connectivity index (χ2v) is 5.09. The first-order valence-electron chi connectivity index (χ1n) is 7.13. The highest BCUT2D eigenvalue weighted by Gasteiger charge is 2.42. The molecule has 1 aliphatic rings. The number of nitrogens with zero attached hydrogens (tertiary/aromatic N) is 1. The molecule has 1 aliphatic heterocycles. The van der Waals surface area contributed by atoms with Crippen LogP contribution in [0.5, 0.6) is 0 Å². The Morgan fingerprint density at radius 3 is 1.91 bits per heavy atom. The quantitative estimate of drug-likeness (QED) is 0.789. The summed E-state index contributed by atoms with van der Waals surface area (Å²) in [5.74, 6) is -1.40. The maximum Gasteiger partial charge on any atom is 0.328 e. The minimum absolute atomic E-state index is 0.369. The minimum Gasteiger partial charge on any atom is -0.467 e. The standard InChI is InChI=1S/C16H19NO5/c1-21-15(19)12-9-6-10-13(16(20)22-2)17(12)14(18)11-7-4-3-5-8-11/h3-5,7-8,12-13H,6,9-10H2,1-2H3/t12-,13+. The first-order chi connectivity index (χ1) is 10.6. The third-order valence-electron chi connectivity index (χ3n) is 3.83. The van der Waals surface area contributed by atoms with Crippen molar-refractivity contribution >= 4 is 17.8 Å². The molecule has 1 amide bonds. The molecule has 0 aromatic heterocycles. The van der Waals surface area contributed by atoms with Gasteiger partial charge < -0.3 is 14.4 Å². The lowest BCUT2D eigenvalue weighted by Crippen LogP contribution is -2.56. The van der Waals surface area contributed by atoms with Crippen molar-refractivity contribution in [3.8, 4) is 0 Å². The first-order valence-corrected chi connectivity index (χ1v) is 7.13. The highest BCUT2D eigenvalue weighted by Crippen LogP contribution is 2.26. The van der Waals surface area contributed by atoms with Crippen LogP contribution >= 0.6 is 0 Å². The van der Waals surface area contributed by atoms with Crippen molar-refractivity contribution in [1.82, 2.24) is 4.90 Å². The molecule has 1 fully saturated rings. The van der Waals surface area contributed by atoms with Crippen LogP contribution in [-0.2, 0) is 19.1 Å². The fraction of sp³-hybridized carbons (Fsp3) is 0.438. The Kier molecular flexibility index (Phi) is 5.14. The maximum atomic E-state index is 12.8. The Bertz CT molecular complexity index is 533. The summed E-state index contributed by atoms with van der Waals surface area (Å²) in [5.41, 5.74) is 0.423. The minimum atomic E-state index is -0.768. The fourth-order valence-electron chi connectivity index (χ4n) is 2.75. The summed E-state index contributed by atoms with van der Waals surface area (Å²) in [6.45, 7) is 0. The molecule has 1 aromatic rings. The van der Waals surface area contributed by atoms with Gasteiger partial charge in [0.15, 0.2) is 0 Å². The van der Waals surface area contributed by atoms with Crippen molar-refractivity contribution in [3.63, 3.8) is 0 Å². The zero-order valence-electron chi connectivity index (χ0n) is 12.7. The monoisotopic (exact) mass is 305 g/mol. The number of rotatable bonds is 3. The largest absolute Gasteiger partial charge is 0.467 e. The number of benzene rings is 1. The Morgan fingerprint density at radius 2 is 1.45 bits per heavy atom. The second-order valence-electron chi connectivity index (χ2n) is 5.09. The SMILES string of the molecule is COC(=O)[C@H]1CCC[C@@H](C(=O)OC)N1C(=O)c1ccccc1. The van der Waals surface area contributed by atoms with Crippen molar-refractivity contribution < 1.29 is 23.9 Å². The van der Waals surface area contributed by atoms with E-state index >= 15 is 0 Å². The van der Waals surface area contributed by atoms with Crippen LogP contribution in [0, 0.1) is 0 Å². The van der Waals surface area contributed by atoms with Crippen LogP contribution in [0.15, 0.2) is 30.3 Å². The van der Waals surface area contributed by atoms with Crippen molar-refractivity contribution in [2.75, 3.05) is 14.2 Å². The molecule has 1 saturated heterocycles. The number of hydrogen-bond acceptors (Lipinski definition) is 5. The molecule has 1 aromatic carbocycles. The van der Waals surface area contributed by atoms with E-state index in [2.05, 4.69) is 0 Å². The Morgan fingerprint density at radius 1 is 0.955 bits per heavy atom. The molecule has 0 unspecified atom stereocenters. The van der Waals surface area contributed by atoms with Gasteiger partial charge in [-0.1, -0.05) is 18.2 Å². The third-order valence-corrected chi connectivity index (χ3v) is 3.83. The van der Waals surface area contributed by atoms with E-state index in [1.807, 2.05) is 0 Å². The summed E-state index contributed by atoms with van der Waals surface area (Å²) < 4.78 is 9.57. The highest BCUT2D eigenvalue weighted by atomic mass is 16.5. The number of likely N-dealkylation sites (tertiary alicyclic amines) is 1. The molecule has 6 nitrogen and oxygen atoms in total. The molecule has 118 valence electrons. The lowest BCUT2D eigenvalue weighted by Gasteiger charge is -2.39. The van der Waals surface area contributed by atoms with Gasteiger partial charge in [0.25, 0.3) is 5.91 Å². The third kappa shape index (κ3) is 3.10. The van der Waals surface area contributed by atoms with E-state index in [1.165, 1.54) is 19.1 Å². The molecule has 0 radical (unpaired) electrons.